The molecule has 0 fully saturated rings. The van der Waals surface area contributed by atoms with Crippen LogP contribution in [0, 0.1) is 0 Å². The topological polar surface area (TPSA) is 56.5 Å². The molecule has 0 amide bonds. The van der Waals surface area contributed by atoms with Crippen LogP contribution in [0.25, 0.3) is 0 Å². The minimum Gasteiger partial charge on any atom is -0.491 e. The summed E-state index contributed by atoms with van der Waals surface area (Å²) >= 11 is 0. The number of nitrogens with two attached hydrogens (primary N) is 1. The molecule has 4 nitrogen and oxygen atoms in total. The highest BCUT2D eigenvalue weighted by molar-refractivity contribution is 5.30. The fraction of sp³-hybridized carbons (Fsp3) is 0.571. The van der Waals surface area contributed by atoms with Crippen LogP contribution in [-0.4, -0.2) is 19.3 Å². The summed E-state index contributed by atoms with van der Waals surface area (Å²) in [5.41, 5.74) is 3.94. The maximum atomic E-state index is 5.68. The van der Waals surface area contributed by atoms with Gasteiger partial charge in [-0.2, -0.15) is 0 Å². The highest BCUT2D eigenvalue weighted by Gasteiger charge is 2.10. The summed E-state index contributed by atoms with van der Waals surface area (Å²) in [5.74, 6) is 6.47. The molecular weight excluding hydrogens is 228 g/mol. The predicted octanol–water partition coefficient (Wildman–Crippen LogP) is 2.40. The molecule has 1 unspecified atom stereocenters. The summed E-state index contributed by atoms with van der Waals surface area (Å²) in [6.45, 7) is 7.44. The van der Waals surface area contributed by atoms with Gasteiger partial charge in [-0.15, -0.1) is 0 Å². The first-order chi connectivity index (χ1) is 8.67. The van der Waals surface area contributed by atoms with Crippen molar-refractivity contribution in [1.29, 1.82) is 0 Å². The molecule has 0 bridgehead atoms. The van der Waals surface area contributed by atoms with E-state index in [1.807, 2.05) is 45.0 Å². The fourth-order valence-corrected chi connectivity index (χ4v) is 1.77. The fourth-order valence-electron chi connectivity index (χ4n) is 1.77. The van der Waals surface area contributed by atoms with E-state index in [4.69, 9.17) is 15.3 Å². The Labute approximate surface area is 109 Å². The number of hydrogen-bond acceptors (Lipinski definition) is 4. The monoisotopic (exact) mass is 252 g/mol. The second kappa shape index (κ2) is 8.08. The Kier molecular flexibility index (Phi) is 6.72. The van der Waals surface area contributed by atoms with Crippen LogP contribution < -0.4 is 16.0 Å². The van der Waals surface area contributed by atoms with Crippen molar-refractivity contribution in [2.24, 2.45) is 5.84 Å². The highest BCUT2D eigenvalue weighted by atomic mass is 16.5. The zero-order valence-corrected chi connectivity index (χ0v) is 11.5. The minimum absolute atomic E-state index is 0.0901. The Morgan fingerprint density at radius 3 is 2.72 bits per heavy atom. The molecule has 1 aromatic rings. The van der Waals surface area contributed by atoms with Gasteiger partial charge in [0.15, 0.2) is 0 Å². The molecule has 1 atom stereocenters. The van der Waals surface area contributed by atoms with Crippen molar-refractivity contribution in [2.45, 2.75) is 39.3 Å². The zero-order valence-electron chi connectivity index (χ0n) is 11.5. The molecule has 0 saturated carbocycles. The van der Waals surface area contributed by atoms with Gasteiger partial charge in [-0.05, 0) is 44.9 Å². The molecule has 1 aromatic carbocycles. The molecule has 0 aliphatic heterocycles. The maximum Gasteiger partial charge on any atom is 0.120 e. The summed E-state index contributed by atoms with van der Waals surface area (Å²) in [6.07, 6.45) is 1.02. The van der Waals surface area contributed by atoms with Gasteiger partial charge in [-0.3, -0.25) is 11.3 Å². The molecule has 4 heteroatoms. The van der Waals surface area contributed by atoms with Gasteiger partial charge in [-0.25, -0.2) is 0 Å². The van der Waals surface area contributed by atoms with Gasteiger partial charge in [-0.1, -0.05) is 12.1 Å². The molecule has 1 rings (SSSR count). The Bertz CT molecular complexity index is 342. The minimum atomic E-state index is 0.0901. The second-order valence-electron chi connectivity index (χ2n) is 4.44. The van der Waals surface area contributed by atoms with Crippen LogP contribution in [0.3, 0.4) is 0 Å². The second-order valence-corrected chi connectivity index (χ2v) is 4.44. The first-order valence-corrected chi connectivity index (χ1v) is 6.47. The van der Waals surface area contributed by atoms with Gasteiger partial charge < -0.3 is 9.47 Å². The lowest BCUT2D eigenvalue weighted by Gasteiger charge is -2.18. The van der Waals surface area contributed by atoms with E-state index in [9.17, 15) is 0 Å². The molecule has 0 saturated heterocycles. The summed E-state index contributed by atoms with van der Waals surface area (Å²) in [7, 11) is 0. The Morgan fingerprint density at radius 1 is 1.33 bits per heavy atom. The maximum absolute atomic E-state index is 5.68. The first kappa shape index (κ1) is 15.0. The third kappa shape index (κ3) is 5.04. The van der Waals surface area contributed by atoms with Gasteiger partial charge in [0, 0.05) is 19.3 Å². The normalized spacial score (nSPS) is 12.7. The van der Waals surface area contributed by atoms with E-state index in [0.717, 1.165) is 24.3 Å². The van der Waals surface area contributed by atoms with Crippen LogP contribution in [-0.2, 0) is 4.74 Å². The van der Waals surface area contributed by atoms with E-state index in [1.165, 1.54) is 0 Å². The number of hydrogen-bond donors (Lipinski definition) is 2. The van der Waals surface area contributed by atoms with Gasteiger partial charge in [0.25, 0.3) is 0 Å². The molecule has 0 aliphatic carbocycles. The van der Waals surface area contributed by atoms with Crippen LogP contribution >= 0.6 is 0 Å². The van der Waals surface area contributed by atoms with Gasteiger partial charge >= 0.3 is 0 Å². The van der Waals surface area contributed by atoms with E-state index >= 15 is 0 Å². The van der Waals surface area contributed by atoms with Crippen LogP contribution in [0.15, 0.2) is 24.3 Å². The molecule has 0 heterocycles. The summed E-state index contributed by atoms with van der Waals surface area (Å²) in [6, 6.07) is 8.10. The number of rotatable bonds is 8. The van der Waals surface area contributed by atoms with Gasteiger partial charge in [0.05, 0.1) is 6.10 Å². The number of ether oxygens (including phenoxy) is 2. The van der Waals surface area contributed by atoms with Gasteiger partial charge in [0.1, 0.15) is 5.75 Å². The summed E-state index contributed by atoms with van der Waals surface area (Å²) < 4.78 is 11.0. The summed E-state index contributed by atoms with van der Waals surface area (Å²) in [5, 5.41) is 0. The average Bonchev–Trinajstić information content (AvgIpc) is 2.34. The largest absolute Gasteiger partial charge is 0.491 e. The lowest BCUT2D eigenvalue weighted by atomic mass is 10.0. The number of nitrogens with one attached hydrogen (secondary N) is 1. The predicted molar refractivity (Wildman–Crippen MR) is 73.4 cm³/mol. The lowest BCUT2D eigenvalue weighted by molar-refractivity contribution is 0.136. The molecule has 0 aromatic heterocycles. The van der Waals surface area contributed by atoms with Crippen LogP contribution in [0.5, 0.6) is 5.75 Å². The van der Waals surface area contributed by atoms with Crippen LogP contribution in [0.2, 0.25) is 0 Å². The molecule has 0 aliphatic rings. The van der Waals surface area contributed by atoms with Crippen LogP contribution in [0.4, 0.5) is 0 Å². The van der Waals surface area contributed by atoms with E-state index < -0.39 is 0 Å². The quantitative estimate of drug-likeness (QED) is 0.424. The third-order valence-corrected chi connectivity index (χ3v) is 2.59. The van der Waals surface area contributed by atoms with E-state index in [-0.39, 0.29) is 12.1 Å². The average molecular weight is 252 g/mol. The summed E-state index contributed by atoms with van der Waals surface area (Å²) in [4.78, 5) is 0. The van der Waals surface area contributed by atoms with Crippen molar-refractivity contribution in [3.05, 3.63) is 29.8 Å². The molecule has 102 valence electrons. The first-order valence-electron chi connectivity index (χ1n) is 6.47. The SMILES string of the molecule is CCOCCC(NN)c1cccc(OC(C)C)c1. The number of benzene rings is 1. The molecular formula is C14H24N2O2. The van der Waals surface area contributed by atoms with E-state index in [1.54, 1.807) is 0 Å². The van der Waals surface area contributed by atoms with E-state index in [0.29, 0.717) is 6.61 Å². The number of hydrazine groups is 1. The molecule has 0 radical (unpaired) electrons. The van der Waals surface area contributed by atoms with Crippen molar-refractivity contribution in [3.8, 4) is 5.75 Å². The van der Waals surface area contributed by atoms with Crippen LogP contribution in [0.1, 0.15) is 38.8 Å². The third-order valence-electron chi connectivity index (χ3n) is 2.59. The van der Waals surface area contributed by atoms with Crippen molar-refractivity contribution in [3.63, 3.8) is 0 Å². The Hall–Kier alpha value is -1.10. The zero-order chi connectivity index (χ0) is 13.4. The highest BCUT2D eigenvalue weighted by Crippen LogP contribution is 2.22. The Balaban J connectivity index is 2.66. The molecule has 3 N–H and O–H groups in total. The standard InChI is InChI=1S/C14H24N2O2/c1-4-17-9-8-14(16-15)12-6-5-7-13(10-12)18-11(2)3/h5-7,10-11,14,16H,4,8-9,15H2,1-3H3. The molecule has 0 spiro atoms. The van der Waals surface area contributed by atoms with Crippen molar-refractivity contribution in [2.75, 3.05) is 13.2 Å². The lowest BCUT2D eigenvalue weighted by Crippen LogP contribution is -2.29. The van der Waals surface area contributed by atoms with Crippen molar-refractivity contribution >= 4 is 0 Å². The van der Waals surface area contributed by atoms with Gasteiger partial charge in [0.2, 0.25) is 0 Å². The van der Waals surface area contributed by atoms with E-state index in [2.05, 4.69) is 5.43 Å². The Morgan fingerprint density at radius 2 is 2.11 bits per heavy atom. The molecule has 18 heavy (non-hydrogen) atoms. The smallest absolute Gasteiger partial charge is 0.120 e. The van der Waals surface area contributed by atoms with Crippen molar-refractivity contribution in [1.82, 2.24) is 5.43 Å². The van der Waals surface area contributed by atoms with Crippen molar-refractivity contribution < 1.29 is 9.47 Å².